The van der Waals surface area contributed by atoms with Crippen LogP contribution in [0.5, 0.6) is 5.75 Å². The zero-order valence-corrected chi connectivity index (χ0v) is 12.6. The lowest BCUT2D eigenvalue weighted by Crippen LogP contribution is -2.38. The van der Waals surface area contributed by atoms with Gasteiger partial charge in [0.25, 0.3) is 0 Å². The Morgan fingerprint density at radius 1 is 1.50 bits per heavy atom. The van der Waals surface area contributed by atoms with Gasteiger partial charge in [-0.15, -0.1) is 0 Å². The molecule has 2 N–H and O–H groups in total. The summed E-state index contributed by atoms with van der Waals surface area (Å²) in [4.78, 5) is 21.9. The van der Waals surface area contributed by atoms with Crippen LogP contribution in [0.2, 0.25) is 0 Å². The van der Waals surface area contributed by atoms with Gasteiger partial charge in [0.2, 0.25) is 6.41 Å². The lowest BCUT2D eigenvalue weighted by Gasteiger charge is -2.14. The van der Waals surface area contributed by atoms with Crippen molar-refractivity contribution in [3.63, 3.8) is 0 Å². The highest BCUT2D eigenvalue weighted by atomic mass is 79.9. The van der Waals surface area contributed by atoms with Crippen LogP contribution in [0.3, 0.4) is 0 Å². The first-order chi connectivity index (χ1) is 8.49. The number of esters is 1. The average Bonchev–Trinajstić information content (AvgIpc) is 2.34. The summed E-state index contributed by atoms with van der Waals surface area (Å²) in [5, 5.41) is 12.0. The molecule has 0 heterocycles. The smallest absolute Gasteiger partial charge is 0.328 e. The SMILES string of the molecule is COC(=O)[C@H](Cc1cc(Br)c(O)c(Br)c1)NC=O. The monoisotopic (exact) mass is 379 g/mol. The minimum Gasteiger partial charge on any atom is -0.506 e. The topological polar surface area (TPSA) is 75.6 Å². The number of nitrogens with one attached hydrogen (secondary N) is 1. The number of rotatable bonds is 5. The highest BCUT2D eigenvalue weighted by molar-refractivity contribution is 9.11. The molecule has 0 unspecified atom stereocenters. The molecule has 1 aromatic rings. The predicted molar refractivity (Wildman–Crippen MR) is 72.2 cm³/mol. The summed E-state index contributed by atoms with van der Waals surface area (Å²) in [6, 6.07) is 2.58. The van der Waals surface area contributed by atoms with Crippen molar-refractivity contribution in [1.82, 2.24) is 5.32 Å². The third-order valence-electron chi connectivity index (χ3n) is 2.27. The Hall–Kier alpha value is -1.08. The van der Waals surface area contributed by atoms with Gasteiger partial charge in [0, 0.05) is 6.42 Å². The van der Waals surface area contributed by atoms with Gasteiger partial charge in [0.15, 0.2) is 0 Å². The van der Waals surface area contributed by atoms with Gasteiger partial charge >= 0.3 is 5.97 Å². The van der Waals surface area contributed by atoms with E-state index in [-0.39, 0.29) is 12.2 Å². The number of aromatic hydroxyl groups is 1. The Balaban J connectivity index is 2.93. The van der Waals surface area contributed by atoms with Crippen molar-refractivity contribution in [2.75, 3.05) is 7.11 Å². The van der Waals surface area contributed by atoms with E-state index in [1.54, 1.807) is 12.1 Å². The summed E-state index contributed by atoms with van der Waals surface area (Å²) in [5.74, 6) is -0.445. The molecule has 0 fully saturated rings. The minimum absolute atomic E-state index is 0.0803. The average molecular weight is 381 g/mol. The van der Waals surface area contributed by atoms with E-state index in [1.165, 1.54) is 7.11 Å². The molecule has 0 aromatic heterocycles. The fourth-order valence-electron chi connectivity index (χ4n) is 1.41. The van der Waals surface area contributed by atoms with Gasteiger partial charge in [0.1, 0.15) is 11.8 Å². The van der Waals surface area contributed by atoms with Crippen molar-refractivity contribution in [3.05, 3.63) is 26.6 Å². The molecule has 0 bridgehead atoms. The first-order valence-corrected chi connectivity index (χ1v) is 6.52. The van der Waals surface area contributed by atoms with E-state index in [0.717, 1.165) is 5.56 Å². The largest absolute Gasteiger partial charge is 0.506 e. The van der Waals surface area contributed by atoms with Crippen LogP contribution >= 0.6 is 31.9 Å². The molecule has 1 amide bonds. The van der Waals surface area contributed by atoms with Crippen molar-refractivity contribution in [3.8, 4) is 5.75 Å². The van der Waals surface area contributed by atoms with E-state index < -0.39 is 12.0 Å². The van der Waals surface area contributed by atoms with Crippen LogP contribution in [0.25, 0.3) is 0 Å². The molecule has 0 aliphatic rings. The summed E-state index contributed by atoms with van der Waals surface area (Å²) in [6.45, 7) is 0. The molecule has 1 rings (SSSR count). The number of amides is 1. The van der Waals surface area contributed by atoms with Crippen LogP contribution in [0.1, 0.15) is 5.56 Å². The van der Waals surface area contributed by atoms with Crippen molar-refractivity contribution >= 4 is 44.2 Å². The maximum absolute atomic E-state index is 11.4. The van der Waals surface area contributed by atoms with Crippen LogP contribution in [0.15, 0.2) is 21.1 Å². The Labute approximate surface area is 121 Å². The van der Waals surface area contributed by atoms with Gasteiger partial charge in [-0.3, -0.25) is 4.79 Å². The van der Waals surface area contributed by atoms with E-state index in [9.17, 15) is 14.7 Å². The van der Waals surface area contributed by atoms with Gasteiger partial charge in [-0.25, -0.2) is 4.79 Å². The Kier molecular flexibility index (Phi) is 5.61. The maximum Gasteiger partial charge on any atom is 0.328 e. The molecule has 5 nitrogen and oxygen atoms in total. The standard InChI is InChI=1S/C11H11Br2NO4/c1-18-11(17)9(14-5-15)4-6-2-7(12)10(16)8(13)3-6/h2-3,5,9,16H,4H2,1H3,(H,14,15)/t9-/m0/s1. The summed E-state index contributed by atoms with van der Waals surface area (Å²) in [7, 11) is 1.25. The lowest BCUT2D eigenvalue weighted by molar-refractivity contribution is -0.144. The summed E-state index contributed by atoms with van der Waals surface area (Å²) < 4.78 is 5.59. The van der Waals surface area contributed by atoms with E-state index in [1.807, 2.05) is 0 Å². The van der Waals surface area contributed by atoms with Crippen LogP contribution in [-0.2, 0) is 20.7 Å². The van der Waals surface area contributed by atoms with Crippen molar-refractivity contribution in [2.24, 2.45) is 0 Å². The molecule has 98 valence electrons. The third kappa shape index (κ3) is 3.71. The number of carbonyl (C=O) groups excluding carboxylic acids is 2. The number of methoxy groups -OCH3 is 1. The van der Waals surface area contributed by atoms with Gasteiger partial charge < -0.3 is 15.2 Å². The first-order valence-electron chi connectivity index (χ1n) is 4.94. The molecule has 1 aromatic carbocycles. The fraction of sp³-hybridized carbons (Fsp3) is 0.273. The Morgan fingerprint density at radius 3 is 2.50 bits per heavy atom. The number of halogens is 2. The second kappa shape index (κ2) is 6.75. The number of carbonyl (C=O) groups is 2. The van der Waals surface area contributed by atoms with Crippen LogP contribution in [-0.4, -0.2) is 30.6 Å². The zero-order chi connectivity index (χ0) is 13.7. The molecule has 0 aliphatic carbocycles. The lowest BCUT2D eigenvalue weighted by atomic mass is 10.1. The maximum atomic E-state index is 11.4. The van der Waals surface area contributed by atoms with Crippen LogP contribution < -0.4 is 5.32 Å². The van der Waals surface area contributed by atoms with Crippen LogP contribution in [0, 0.1) is 0 Å². The Bertz CT molecular complexity index is 441. The molecule has 1 atom stereocenters. The number of phenols is 1. The normalized spacial score (nSPS) is 11.7. The molecular weight excluding hydrogens is 370 g/mol. The second-order valence-corrected chi connectivity index (χ2v) is 5.18. The molecule has 18 heavy (non-hydrogen) atoms. The van der Waals surface area contributed by atoms with E-state index in [0.29, 0.717) is 15.4 Å². The number of phenolic OH excluding ortho intramolecular Hbond substituents is 1. The molecule has 0 spiro atoms. The fourth-order valence-corrected chi connectivity index (χ4v) is 2.69. The van der Waals surface area contributed by atoms with Crippen molar-refractivity contribution in [1.29, 1.82) is 0 Å². The van der Waals surface area contributed by atoms with Crippen molar-refractivity contribution < 1.29 is 19.4 Å². The summed E-state index contributed by atoms with van der Waals surface area (Å²) in [6.07, 6.45) is 0.717. The number of hydrogen-bond acceptors (Lipinski definition) is 4. The summed E-state index contributed by atoms with van der Waals surface area (Å²) >= 11 is 6.39. The minimum atomic E-state index is -0.754. The van der Waals surface area contributed by atoms with E-state index >= 15 is 0 Å². The highest BCUT2D eigenvalue weighted by Gasteiger charge is 2.19. The van der Waals surface area contributed by atoms with Gasteiger partial charge in [0.05, 0.1) is 16.1 Å². The Morgan fingerprint density at radius 2 is 2.06 bits per heavy atom. The first kappa shape index (κ1) is 15.0. The van der Waals surface area contributed by atoms with Crippen molar-refractivity contribution in [2.45, 2.75) is 12.5 Å². The molecule has 0 saturated heterocycles. The number of benzene rings is 1. The predicted octanol–water partition coefficient (Wildman–Crippen LogP) is 1.75. The van der Waals surface area contributed by atoms with Gasteiger partial charge in [-0.2, -0.15) is 0 Å². The van der Waals surface area contributed by atoms with Crippen LogP contribution in [0.4, 0.5) is 0 Å². The van der Waals surface area contributed by atoms with E-state index in [4.69, 9.17) is 0 Å². The molecule has 0 saturated carbocycles. The zero-order valence-electron chi connectivity index (χ0n) is 9.44. The summed E-state index contributed by atoms with van der Waals surface area (Å²) in [5.41, 5.74) is 0.760. The highest BCUT2D eigenvalue weighted by Crippen LogP contribution is 2.33. The second-order valence-electron chi connectivity index (χ2n) is 3.47. The van der Waals surface area contributed by atoms with E-state index in [2.05, 4.69) is 41.9 Å². The van der Waals surface area contributed by atoms with Gasteiger partial charge in [-0.05, 0) is 49.6 Å². The quantitative estimate of drug-likeness (QED) is 0.602. The number of hydrogen-bond donors (Lipinski definition) is 2. The third-order valence-corrected chi connectivity index (χ3v) is 3.48. The molecular formula is C11H11Br2NO4. The molecule has 0 aliphatic heterocycles. The van der Waals surface area contributed by atoms with Gasteiger partial charge in [-0.1, -0.05) is 0 Å². The molecule has 7 heteroatoms. The number of ether oxygens (including phenoxy) is 1. The molecule has 0 radical (unpaired) electrons.